The van der Waals surface area contributed by atoms with E-state index in [1.807, 2.05) is 0 Å². The van der Waals surface area contributed by atoms with E-state index in [4.69, 9.17) is 9.84 Å². The maximum atomic E-state index is 12.0. The molecule has 2 N–H and O–H groups in total. The highest BCUT2D eigenvalue weighted by Gasteiger charge is 2.42. The molecule has 0 unspecified atom stereocenters. The molecule has 9 heteroatoms. The lowest BCUT2D eigenvalue weighted by molar-refractivity contribution is -0.173. The molecule has 2 rings (SSSR count). The van der Waals surface area contributed by atoms with E-state index in [0.29, 0.717) is 0 Å². The van der Waals surface area contributed by atoms with Crippen LogP contribution in [0.3, 0.4) is 0 Å². The number of ether oxygens (including phenoxy) is 1. The number of nitrogens with one attached hydrogen (secondary N) is 1. The van der Waals surface area contributed by atoms with Gasteiger partial charge in [0.15, 0.2) is 0 Å². The number of aliphatic carboxylic acids is 1. The van der Waals surface area contributed by atoms with Crippen LogP contribution in [-0.2, 0) is 20.9 Å². The van der Waals surface area contributed by atoms with Crippen LogP contribution in [0.25, 0.3) is 0 Å². The van der Waals surface area contributed by atoms with E-state index in [0.717, 1.165) is 16.8 Å². The molecule has 9 nitrogen and oxygen atoms in total. The predicted molar refractivity (Wildman–Crippen MR) is 69.9 cm³/mol. The van der Waals surface area contributed by atoms with E-state index in [1.54, 1.807) is 6.92 Å². The van der Waals surface area contributed by atoms with Crippen molar-refractivity contribution in [2.75, 3.05) is 19.7 Å². The third-order valence-electron chi connectivity index (χ3n) is 3.13. The molecule has 1 aromatic rings. The quantitative estimate of drug-likeness (QED) is 0.664. The summed E-state index contributed by atoms with van der Waals surface area (Å²) in [6.07, 6.45) is 0. The lowest BCUT2D eigenvalue weighted by Gasteiger charge is -2.47. The number of carbonyl (C=O) groups excluding carboxylic acids is 1. The summed E-state index contributed by atoms with van der Waals surface area (Å²) in [5.74, 6) is -1.43. The van der Waals surface area contributed by atoms with E-state index in [9.17, 15) is 19.2 Å². The minimum atomic E-state index is -1.07. The number of H-pyrrole nitrogens is 1. The molecule has 21 heavy (non-hydrogen) atoms. The summed E-state index contributed by atoms with van der Waals surface area (Å²) in [6, 6.07) is 2.17. The number of carboxylic acid groups (broad SMARTS) is 1. The Bertz CT molecular complexity index is 670. The molecule has 0 aromatic carbocycles. The van der Waals surface area contributed by atoms with Crippen LogP contribution in [0.5, 0.6) is 0 Å². The van der Waals surface area contributed by atoms with Gasteiger partial charge in [-0.05, 0) is 6.92 Å². The number of carboxylic acids is 1. The van der Waals surface area contributed by atoms with Gasteiger partial charge in [-0.15, -0.1) is 0 Å². The standard InChI is InChI=1S/C12H15N3O6/c1-12(21-5-11(19)20)6-14(7-12)10(18)4-15-9(17)3-2-8(16)13-15/h2-3H,4-7H2,1H3,(H,13,16)(H,19,20). The van der Waals surface area contributed by atoms with Gasteiger partial charge in [0.05, 0.1) is 13.1 Å². The van der Waals surface area contributed by atoms with Gasteiger partial charge in [0.2, 0.25) is 5.91 Å². The van der Waals surface area contributed by atoms with Crippen LogP contribution in [0.1, 0.15) is 6.92 Å². The zero-order valence-electron chi connectivity index (χ0n) is 11.4. The highest BCUT2D eigenvalue weighted by atomic mass is 16.5. The van der Waals surface area contributed by atoms with Crippen molar-refractivity contribution < 1.29 is 19.4 Å². The van der Waals surface area contributed by atoms with Crippen molar-refractivity contribution in [3.05, 3.63) is 32.8 Å². The van der Waals surface area contributed by atoms with Crippen LogP contribution < -0.4 is 11.1 Å². The van der Waals surface area contributed by atoms with Crippen molar-refractivity contribution in [2.45, 2.75) is 19.1 Å². The van der Waals surface area contributed by atoms with Crippen molar-refractivity contribution in [2.24, 2.45) is 0 Å². The minimum Gasteiger partial charge on any atom is -0.480 e. The van der Waals surface area contributed by atoms with Crippen LogP contribution in [0.4, 0.5) is 0 Å². The van der Waals surface area contributed by atoms with Gasteiger partial charge in [-0.3, -0.25) is 19.5 Å². The van der Waals surface area contributed by atoms with Crippen LogP contribution >= 0.6 is 0 Å². The highest BCUT2D eigenvalue weighted by Crippen LogP contribution is 2.24. The van der Waals surface area contributed by atoms with Gasteiger partial charge >= 0.3 is 5.97 Å². The predicted octanol–water partition coefficient (Wildman–Crippen LogP) is -1.76. The molecular weight excluding hydrogens is 282 g/mol. The Kier molecular flexibility index (Phi) is 3.94. The minimum absolute atomic E-state index is 0.241. The molecule has 1 aliphatic heterocycles. The average Bonchev–Trinajstić information content (AvgIpc) is 2.37. The first-order chi connectivity index (χ1) is 9.79. The number of rotatable bonds is 5. The zero-order chi connectivity index (χ0) is 15.6. The fraction of sp³-hybridized carbons (Fsp3) is 0.500. The molecule has 1 fully saturated rings. The van der Waals surface area contributed by atoms with Crippen molar-refractivity contribution in [3.8, 4) is 0 Å². The largest absolute Gasteiger partial charge is 0.480 e. The fourth-order valence-electron chi connectivity index (χ4n) is 2.08. The third-order valence-corrected chi connectivity index (χ3v) is 3.13. The molecule has 0 radical (unpaired) electrons. The maximum Gasteiger partial charge on any atom is 0.329 e. The topological polar surface area (TPSA) is 122 Å². The van der Waals surface area contributed by atoms with Gasteiger partial charge in [-0.25, -0.2) is 9.48 Å². The SMILES string of the molecule is CC1(OCC(=O)O)CN(C(=O)Cn2[nH]c(=O)ccc2=O)C1. The van der Waals surface area contributed by atoms with Crippen LogP contribution in [0, 0.1) is 0 Å². The smallest absolute Gasteiger partial charge is 0.329 e. The Morgan fingerprint density at radius 1 is 1.38 bits per heavy atom. The molecule has 1 saturated heterocycles. The first kappa shape index (κ1) is 15.0. The summed E-state index contributed by atoms with van der Waals surface area (Å²) in [6.45, 7) is 1.49. The molecule has 0 atom stereocenters. The van der Waals surface area contributed by atoms with Crippen molar-refractivity contribution in [3.63, 3.8) is 0 Å². The molecule has 0 aliphatic carbocycles. The molecule has 1 amide bonds. The van der Waals surface area contributed by atoms with E-state index in [-0.39, 0.29) is 25.5 Å². The molecule has 1 aliphatic rings. The van der Waals surface area contributed by atoms with Crippen LogP contribution in [0.15, 0.2) is 21.7 Å². The molecule has 0 saturated carbocycles. The Morgan fingerprint density at radius 3 is 2.67 bits per heavy atom. The van der Waals surface area contributed by atoms with Gasteiger partial charge in [0.1, 0.15) is 18.8 Å². The van der Waals surface area contributed by atoms with E-state index in [2.05, 4.69) is 5.10 Å². The molecule has 2 heterocycles. The first-order valence-electron chi connectivity index (χ1n) is 6.23. The van der Waals surface area contributed by atoms with Crippen molar-refractivity contribution in [1.82, 2.24) is 14.7 Å². The monoisotopic (exact) mass is 297 g/mol. The second-order valence-electron chi connectivity index (χ2n) is 5.12. The Balaban J connectivity index is 1.92. The van der Waals surface area contributed by atoms with Crippen molar-refractivity contribution in [1.29, 1.82) is 0 Å². The number of hydrogen-bond donors (Lipinski definition) is 2. The number of amides is 1. The average molecular weight is 297 g/mol. The van der Waals surface area contributed by atoms with E-state index >= 15 is 0 Å². The summed E-state index contributed by atoms with van der Waals surface area (Å²) in [5, 5.41) is 10.8. The van der Waals surface area contributed by atoms with Gasteiger partial charge in [0, 0.05) is 12.1 Å². The maximum absolute atomic E-state index is 12.0. The van der Waals surface area contributed by atoms with Gasteiger partial charge < -0.3 is 14.7 Å². The summed E-state index contributed by atoms with van der Waals surface area (Å²) in [5.41, 5.74) is -1.64. The van der Waals surface area contributed by atoms with E-state index in [1.165, 1.54) is 4.90 Å². The fourth-order valence-corrected chi connectivity index (χ4v) is 2.08. The van der Waals surface area contributed by atoms with Crippen LogP contribution in [-0.4, -0.2) is 57.0 Å². The van der Waals surface area contributed by atoms with Gasteiger partial charge in [-0.1, -0.05) is 0 Å². The van der Waals surface area contributed by atoms with Crippen LogP contribution in [0.2, 0.25) is 0 Å². The summed E-state index contributed by atoms with van der Waals surface area (Å²) in [4.78, 5) is 46.4. The summed E-state index contributed by atoms with van der Waals surface area (Å²) in [7, 11) is 0. The molecule has 0 bridgehead atoms. The number of carbonyl (C=O) groups is 2. The third kappa shape index (κ3) is 3.57. The molecule has 114 valence electrons. The second kappa shape index (κ2) is 5.52. The first-order valence-corrected chi connectivity index (χ1v) is 6.23. The Morgan fingerprint density at radius 2 is 2.05 bits per heavy atom. The number of likely N-dealkylation sites (tertiary alicyclic amines) is 1. The molecule has 0 spiro atoms. The molecule has 1 aromatic heterocycles. The molecular formula is C12H15N3O6. The van der Waals surface area contributed by atoms with Gasteiger partial charge in [-0.2, -0.15) is 0 Å². The number of nitrogens with zero attached hydrogens (tertiary/aromatic N) is 2. The number of aromatic nitrogens is 2. The van der Waals surface area contributed by atoms with E-state index < -0.39 is 29.3 Å². The summed E-state index contributed by atoms with van der Waals surface area (Å²) < 4.78 is 6.11. The van der Waals surface area contributed by atoms with Gasteiger partial charge in [0.25, 0.3) is 11.1 Å². The second-order valence-corrected chi connectivity index (χ2v) is 5.12. The lowest BCUT2D eigenvalue weighted by atomic mass is 9.96. The zero-order valence-corrected chi connectivity index (χ0v) is 11.4. The van der Waals surface area contributed by atoms with Crippen molar-refractivity contribution >= 4 is 11.9 Å². The normalized spacial score (nSPS) is 16.3. The Labute approximate surface area is 118 Å². The highest BCUT2D eigenvalue weighted by molar-refractivity contribution is 5.77. The summed E-state index contributed by atoms with van der Waals surface area (Å²) >= 11 is 0. The number of hydrogen-bond acceptors (Lipinski definition) is 5. The Hall–Kier alpha value is -2.42. The number of aromatic amines is 1. The lowest BCUT2D eigenvalue weighted by Crippen LogP contribution is -2.64.